The van der Waals surface area contributed by atoms with E-state index < -0.39 is 0 Å². The highest BCUT2D eigenvalue weighted by Crippen LogP contribution is 2.44. The van der Waals surface area contributed by atoms with Gasteiger partial charge in [0.15, 0.2) is 0 Å². The second-order valence-corrected chi connectivity index (χ2v) is 15.2. The molecule has 2 heterocycles. The summed E-state index contributed by atoms with van der Waals surface area (Å²) in [6.45, 7) is 0. The standard InChI is InChI=1S/C42H30N2S2Si/c47-34-15-9-14-30(24-34)44(32-18-21-36-35-16-7-8-17-39(35)45-41(36)26-32)33-19-22-37-38-25-31(20-23-40(38)46-42(37)27-33)43(28-10-3-1-4-11-28)29-12-5-2-6-13-29/h1-27H,47H3. The van der Waals surface area contributed by atoms with Crippen LogP contribution < -0.4 is 15.0 Å². The fourth-order valence-electron chi connectivity index (χ4n) is 6.70. The summed E-state index contributed by atoms with van der Waals surface area (Å²) in [4.78, 5) is 4.76. The SMILES string of the molecule is [SiH3]c1cccc(N(c2ccc3c(c2)sc2ccccc23)c2ccc3c(c2)sc2ccc(N(c4ccccc4)c4ccccc4)cc23)c1. The summed E-state index contributed by atoms with van der Waals surface area (Å²) in [6.07, 6.45) is 0. The molecular weight excluding hydrogens is 625 g/mol. The second kappa shape index (κ2) is 11.5. The molecule has 7 aromatic carbocycles. The van der Waals surface area contributed by atoms with E-state index in [1.807, 2.05) is 22.7 Å². The summed E-state index contributed by atoms with van der Waals surface area (Å²) in [5.74, 6) is 0. The van der Waals surface area contributed by atoms with Crippen molar-refractivity contribution < 1.29 is 0 Å². The van der Waals surface area contributed by atoms with Crippen LogP contribution in [0.3, 0.4) is 0 Å². The van der Waals surface area contributed by atoms with Gasteiger partial charge in [0.25, 0.3) is 0 Å². The summed E-state index contributed by atoms with van der Waals surface area (Å²) in [7, 11) is 1.01. The minimum absolute atomic E-state index is 1.01. The van der Waals surface area contributed by atoms with Gasteiger partial charge in [0.2, 0.25) is 0 Å². The molecule has 47 heavy (non-hydrogen) atoms. The highest BCUT2D eigenvalue weighted by molar-refractivity contribution is 7.26. The van der Waals surface area contributed by atoms with Crippen LogP contribution in [0.25, 0.3) is 40.3 Å². The van der Waals surface area contributed by atoms with Gasteiger partial charge in [-0.1, -0.05) is 84.0 Å². The van der Waals surface area contributed by atoms with E-state index in [1.54, 1.807) is 0 Å². The van der Waals surface area contributed by atoms with Gasteiger partial charge in [0, 0.05) is 84.7 Å². The van der Waals surface area contributed by atoms with Gasteiger partial charge in [0.05, 0.1) is 0 Å². The fraction of sp³-hybridized carbons (Fsp3) is 0. The lowest BCUT2D eigenvalue weighted by atomic mass is 10.1. The van der Waals surface area contributed by atoms with E-state index in [0.717, 1.165) is 27.3 Å². The van der Waals surface area contributed by atoms with Gasteiger partial charge >= 0.3 is 0 Å². The van der Waals surface area contributed by atoms with Crippen molar-refractivity contribution in [1.82, 2.24) is 0 Å². The van der Waals surface area contributed by atoms with Gasteiger partial charge in [0.1, 0.15) is 0 Å². The molecule has 0 radical (unpaired) electrons. The molecule has 0 saturated heterocycles. The molecule has 9 rings (SSSR count). The van der Waals surface area contributed by atoms with Crippen molar-refractivity contribution in [3.8, 4) is 0 Å². The van der Waals surface area contributed by atoms with E-state index >= 15 is 0 Å². The Balaban J connectivity index is 1.18. The van der Waals surface area contributed by atoms with Crippen LogP contribution in [0.4, 0.5) is 34.1 Å². The van der Waals surface area contributed by atoms with Crippen molar-refractivity contribution >= 4 is 113 Å². The monoisotopic (exact) mass is 654 g/mol. The van der Waals surface area contributed by atoms with Crippen molar-refractivity contribution in [3.05, 3.63) is 164 Å². The van der Waals surface area contributed by atoms with Crippen LogP contribution >= 0.6 is 22.7 Å². The van der Waals surface area contributed by atoms with Gasteiger partial charge in [-0.05, 0) is 84.9 Å². The van der Waals surface area contributed by atoms with Gasteiger partial charge in [-0.2, -0.15) is 0 Å². The van der Waals surface area contributed by atoms with Gasteiger partial charge in [-0.15, -0.1) is 22.7 Å². The van der Waals surface area contributed by atoms with Crippen molar-refractivity contribution in [3.63, 3.8) is 0 Å². The van der Waals surface area contributed by atoms with E-state index in [-0.39, 0.29) is 0 Å². The predicted molar refractivity (Wildman–Crippen MR) is 211 cm³/mol. The zero-order valence-electron chi connectivity index (χ0n) is 25.8. The molecule has 2 nitrogen and oxygen atoms in total. The summed E-state index contributed by atoms with van der Waals surface area (Å²) in [6, 6.07) is 59.8. The summed E-state index contributed by atoms with van der Waals surface area (Å²) >= 11 is 3.74. The first-order valence-electron chi connectivity index (χ1n) is 15.8. The third-order valence-corrected chi connectivity index (χ3v) is 11.8. The average molecular weight is 655 g/mol. The number of hydrogen-bond donors (Lipinski definition) is 0. The molecule has 0 amide bonds. The molecule has 2 aromatic heterocycles. The van der Waals surface area contributed by atoms with Gasteiger partial charge in [-0.3, -0.25) is 0 Å². The molecule has 0 atom stereocenters. The number of nitrogens with zero attached hydrogens (tertiary/aromatic N) is 2. The van der Waals surface area contributed by atoms with Crippen molar-refractivity contribution in [2.24, 2.45) is 0 Å². The Morgan fingerprint density at radius 2 is 0.787 bits per heavy atom. The minimum Gasteiger partial charge on any atom is -0.310 e. The topological polar surface area (TPSA) is 6.48 Å². The van der Waals surface area contributed by atoms with Gasteiger partial charge < -0.3 is 9.80 Å². The summed E-state index contributed by atoms with van der Waals surface area (Å²) in [5, 5.41) is 6.60. The number of hydrogen-bond acceptors (Lipinski definition) is 4. The quantitative estimate of drug-likeness (QED) is 0.165. The molecule has 0 unspecified atom stereocenters. The smallest absolute Gasteiger partial charge is 0.0476 e. The van der Waals surface area contributed by atoms with E-state index in [0.29, 0.717) is 0 Å². The molecule has 0 N–H and O–H groups in total. The number of benzene rings is 7. The Morgan fingerprint density at radius 1 is 0.319 bits per heavy atom. The van der Waals surface area contributed by atoms with E-state index in [1.165, 1.54) is 62.6 Å². The molecular formula is C42H30N2S2Si. The van der Waals surface area contributed by atoms with Crippen molar-refractivity contribution in [2.45, 2.75) is 0 Å². The van der Waals surface area contributed by atoms with Crippen molar-refractivity contribution in [2.75, 3.05) is 9.80 Å². The van der Waals surface area contributed by atoms with Crippen LogP contribution in [-0.2, 0) is 0 Å². The number of para-hydroxylation sites is 2. The lowest BCUT2D eigenvalue weighted by Crippen LogP contribution is -2.12. The van der Waals surface area contributed by atoms with Crippen molar-refractivity contribution in [1.29, 1.82) is 0 Å². The number of thiophene rings is 2. The maximum Gasteiger partial charge on any atom is 0.0476 e. The first-order chi connectivity index (χ1) is 23.2. The van der Waals surface area contributed by atoms with Crippen LogP contribution in [0.5, 0.6) is 0 Å². The number of anilines is 6. The molecule has 0 aliphatic carbocycles. The Labute approximate surface area is 284 Å². The predicted octanol–water partition coefficient (Wildman–Crippen LogP) is 11.4. The normalized spacial score (nSPS) is 11.6. The Bertz CT molecular complexity index is 2510. The fourth-order valence-corrected chi connectivity index (χ4v) is 9.45. The second-order valence-electron chi connectivity index (χ2n) is 11.9. The average Bonchev–Trinajstić information content (AvgIpc) is 3.67. The van der Waals surface area contributed by atoms with E-state index in [9.17, 15) is 0 Å². The van der Waals surface area contributed by atoms with Crippen LogP contribution in [0.15, 0.2) is 164 Å². The Hall–Kier alpha value is -5.20. The molecule has 9 aromatic rings. The summed E-state index contributed by atoms with van der Waals surface area (Å²) < 4.78 is 5.22. The molecule has 0 fully saturated rings. The lowest BCUT2D eigenvalue weighted by Gasteiger charge is -2.26. The van der Waals surface area contributed by atoms with E-state index in [4.69, 9.17) is 0 Å². The van der Waals surface area contributed by atoms with Crippen LogP contribution in [0.2, 0.25) is 0 Å². The third-order valence-electron chi connectivity index (χ3n) is 8.86. The largest absolute Gasteiger partial charge is 0.310 e. The van der Waals surface area contributed by atoms with Crippen LogP contribution in [-0.4, -0.2) is 10.2 Å². The Morgan fingerprint density at radius 3 is 1.45 bits per heavy atom. The molecule has 0 aliphatic heterocycles. The first-order valence-corrected chi connectivity index (χ1v) is 18.5. The van der Waals surface area contributed by atoms with Gasteiger partial charge in [-0.25, -0.2) is 0 Å². The third kappa shape index (κ3) is 5.00. The molecule has 0 spiro atoms. The minimum atomic E-state index is 1.01. The first kappa shape index (κ1) is 28.1. The van der Waals surface area contributed by atoms with Crippen LogP contribution in [0.1, 0.15) is 0 Å². The highest BCUT2D eigenvalue weighted by Gasteiger charge is 2.18. The summed E-state index contributed by atoms with van der Waals surface area (Å²) in [5.41, 5.74) is 7.00. The van der Waals surface area contributed by atoms with E-state index in [2.05, 4.69) is 174 Å². The zero-order chi connectivity index (χ0) is 31.3. The maximum atomic E-state index is 2.42. The Kier molecular flexibility index (Phi) is 6.89. The molecule has 0 saturated carbocycles. The molecule has 0 bridgehead atoms. The zero-order valence-corrected chi connectivity index (χ0v) is 29.4. The van der Waals surface area contributed by atoms with Crippen LogP contribution in [0, 0.1) is 0 Å². The maximum absolute atomic E-state index is 2.42. The lowest BCUT2D eigenvalue weighted by molar-refractivity contribution is 1.29. The highest BCUT2D eigenvalue weighted by atomic mass is 32.1. The number of rotatable bonds is 6. The molecule has 5 heteroatoms. The number of fused-ring (bicyclic) bond motifs is 6. The molecule has 0 aliphatic rings. The molecule has 224 valence electrons.